The predicted octanol–water partition coefficient (Wildman–Crippen LogP) is 2.15. The Labute approximate surface area is 142 Å². The number of piperazine rings is 1. The highest BCUT2D eigenvalue weighted by Crippen LogP contribution is 2.12. The first-order valence-corrected chi connectivity index (χ1v) is 6.85. The van der Waals surface area contributed by atoms with Crippen LogP contribution in [-0.2, 0) is 0 Å². The van der Waals surface area contributed by atoms with Crippen molar-refractivity contribution in [2.24, 2.45) is 0 Å². The van der Waals surface area contributed by atoms with Crippen molar-refractivity contribution in [1.82, 2.24) is 19.8 Å². The number of hydrogen-bond donors (Lipinski definition) is 1. The highest BCUT2D eigenvalue weighted by atomic mass is 35.5. The molecule has 1 aromatic heterocycles. The van der Waals surface area contributed by atoms with E-state index in [-0.39, 0.29) is 30.7 Å². The van der Waals surface area contributed by atoms with Crippen LogP contribution in [0.15, 0.2) is 43.0 Å². The summed E-state index contributed by atoms with van der Waals surface area (Å²) in [6.07, 6.45) is 5.37. The molecule has 0 radical (unpaired) electrons. The summed E-state index contributed by atoms with van der Waals surface area (Å²) in [6, 6.07) is 8.01. The number of aromatic nitrogens is 2. The average molecular weight is 343 g/mol. The Morgan fingerprint density at radius 1 is 1.27 bits per heavy atom. The molecule has 5 nitrogen and oxygen atoms in total. The summed E-state index contributed by atoms with van der Waals surface area (Å²) in [5, 5.41) is 3.34. The van der Waals surface area contributed by atoms with Gasteiger partial charge >= 0.3 is 0 Å². The van der Waals surface area contributed by atoms with E-state index >= 15 is 0 Å². The summed E-state index contributed by atoms with van der Waals surface area (Å²) in [7, 11) is 0. The fourth-order valence-electron chi connectivity index (χ4n) is 2.49. The molecule has 1 amide bonds. The number of nitrogens with zero attached hydrogens (tertiary/aromatic N) is 3. The van der Waals surface area contributed by atoms with E-state index in [1.807, 2.05) is 39.9 Å². The van der Waals surface area contributed by atoms with Gasteiger partial charge in [0.15, 0.2) is 0 Å². The van der Waals surface area contributed by atoms with E-state index in [1.165, 1.54) is 0 Å². The van der Waals surface area contributed by atoms with Crippen LogP contribution >= 0.6 is 24.8 Å². The molecule has 1 atom stereocenters. The van der Waals surface area contributed by atoms with Crippen molar-refractivity contribution in [3.63, 3.8) is 0 Å². The first-order chi connectivity index (χ1) is 9.74. The van der Waals surface area contributed by atoms with Crippen molar-refractivity contribution in [2.45, 2.75) is 13.0 Å². The van der Waals surface area contributed by atoms with Crippen molar-refractivity contribution < 1.29 is 4.79 Å². The van der Waals surface area contributed by atoms with Gasteiger partial charge < -0.3 is 14.8 Å². The van der Waals surface area contributed by atoms with Gasteiger partial charge in [-0.25, -0.2) is 4.98 Å². The Balaban J connectivity index is 0.00000121. The summed E-state index contributed by atoms with van der Waals surface area (Å²) in [5.74, 6) is 0.107. The quantitative estimate of drug-likeness (QED) is 0.909. The summed E-state index contributed by atoms with van der Waals surface area (Å²) >= 11 is 0. The molecule has 0 bridgehead atoms. The lowest BCUT2D eigenvalue weighted by Gasteiger charge is -2.32. The normalized spacial score (nSPS) is 17.3. The first-order valence-electron chi connectivity index (χ1n) is 6.85. The Bertz CT molecular complexity index is 586. The van der Waals surface area contributed by atoms with Crippen LogP contribution in [0.1, 0.15) is 17.3 Å². The van der Waals surface area contributed by atoms with Gasteiger partial charge in [-0.3, -0.25) is 4.79 Å². The maximum atomic E-state index is 12.4. The molecule has 1 aliphatic heterocycles. The number of carbonyl (C=O) groups is 1. The van der Waals surface area contributed by atoms with Crippen LogP contribution in [0, 0.1) is 0 Å². The van der Waals surface area contributed by atoms with Gasteiger partial charge in [-0.2, -0.15) is 0 Å². The van der Waals surface area contributed by atoms with E-state index in [0.29, 0.717) is 6.04 Å². The molecule has 120 valence electrons. The van der Waals surface area contributed by atoms with Gasteiger partial charge in [0.05, 0.1) is 6.33 Å². The zero-order valence-electron chi connectivity index (χ0n) is 12.3. The van der Waals surface area contributed by atoms with E-state index in [9.17, 15) is 4.79 Å². The maximum Gasteiger partial charge on any atom is 0.253 e. The van der Waals surface area contributed by atoms with Crippen LogP contribution < -0.4 is 5.32 Å². The molecule has 0 spiro atoms. The first kappa shape index (κ1) is 18.5. The number of hydrogen-bond acceptors (Lipinski definition) is 3. The summed E-state index contributed by atoms with van der Waals surface area (Å²) in [6.45, 7) is 4.50. The van der Waals surface area contributed by atoms with E-state index in [2.05, 4.69) is 17.2 Å². The largest absolute Gasteiger partial charge is 0.336 e. The Hall–Kier alpha value is -1.56. The van der Waals surface area contributed by atoms with Crippen LogP contribution in [0.4, 0.5) is 0 Å². The lowest BCUT2D eigenvalue weighted by Crippen LogP contribution is -2.51. The highest BCUT2D eigenvalue weighted by molar-refractivity contribution is 5.94. The van der Waals surface area contributed by atoms with Crippen molar-refractivity contribution in [3.8, 4) is 5.69 Å². The lowest BCUT2D eigenvalue weighted by atomic mass is 10.1. The Morgan fingerprint density at radius 2 is 2.00 bits per heavy atom. The molecule has 1 unspecified atom stereocenters. The molecular formula is C15H20Cl2N4O. The summed E-state index contributed by atoms with van der Waals surface area (Å²) in [5.41, 5.74) is 1.75. The van der Waals surface area contributed by atoms with E-state index in [0.717, 1.165) is 30.9 Å². The number of imidazole rings is 1. The number of carbonyl (C=O) groups excluding carboxylic acids is 1. The van der Waals surface area contributed by atoms with Gasteiger partial charge in [-0.05, 0) is 31.2 Å². The van der Waals surface area contributed by atoms with Crippen LogP contribution in [0.2, 0.25) is 0 Å². The number of nitrogens with one attached hydrogen (secondary N) is 1. The Kier molecular flexibility index (Phi) is 6.87. The molecule has 1 N–H and O–H groups in total. The minimum absolute atomic E-state index is 0. The summed E-state index contributed by atoms with van der Waals surface area (Å²) < 4.78 is 1.92. The molecule has 1 aromatic carbocycles. The SMILES string of the molecule is CC1CN(C(=O)c2ccc(-n3ccnc3)cc2)CCN1.Cl.Cl. The van der Waals surface area contributed by atoms with Crippen molar-refractivity contribution >= 4 is 30.7 Å². The van der Waals surface area contributed by atoms with Gasteiger partial charge in [0.1, 0.15) is 0 Å². The molecule has 7 heteroatoms. The van der Waals surface area contributed by atoms with Gasteiger partial charge in [0.25, 0.3) is 5.91 Å². The van der Waals surface area contributed by atoms with Crippen molar-refractivity contribution in [3.05, 3.63) is 48.5 Å². The molecular weight excluding hydrogens is 323 g/mol. The number of benzene rings is 1. The molecule has 2 aromatic rings. The van der Waals surface area contributed by atoms with Gasteiger partial charge in [-0.1, -0.05) is 0 Å². The van der Waals surface area contributed by atoms with Crippen LogP contribution in [0.3, 0.4) is 0 Å². The zero-order valence-corrected chi connectivity index (χ0v) is 13.9. The monoisotopic (exact) mass is 342 g/mol. The van der Waals surface area contributed by atoms with Gasteiger partial charge in [0, 0.05) is 49.3 Å². The van der Waals surface area contributed by atoms with Gasteiger partial charge in [-0.15, -0.1) is 24.8 Å². The third-order valence-corrected chi connectivity index (χ3v) is 3.57. The number of halogens is 2. The van der Waals surface area contributed by atoms with E-state index in [4.69, 9.17) is 0 Å². The highest BCUT2D eigenvalue weighted by Gasteiger charge is 2.21. The average Bonchev–Trinajstić information content (AvgIpc) is 3.01. The molecule has 1 fully saturated rings. The van der Waals surface area contributed by atoms with E-state index in [1.54, 1.807) is 12.5 Å². The topological polar surface area (TPSA) is 50.2 Å². The second-order valence-electron chi connectivity index (χ2n) is 5.12. The standard InChI is InChI=1S/C15H18N4O.2ClH/c1-12-10-18(9-7-17-12)15(20)13-2-4-14(5-3-13)19-8-6-16-11-19;;/h2-6,8,11-12,17H,7,9-10H2,1H3;2*1H. The molecule has 1 saturated heterocycles. The van der Waals surface area contributed by atoms with Crippen LogP contribution in [0.25, 0.3) is 5.69 Å². The van der Waals surface area contributed by atoms with Gasteiger partial charge in [0.2, 0.25) is 0 Å². The molecule has 3 rings (SSSR count). The maximum absolute atomic E-state index is 12.4. The molecule has 22 heavy (non-hydrogen) atoms. The second kappa shape index (κ2) is 8.17. The molecule has 0 saturated carbocycles. The molecule has 0 aliphatic carbocycles. The lowest BCUT2D eigenvalue weighted by molar-refractivity contribution is 0.0709. The van der Waals surface area contributed by atoms with Crippen LogP contribution in [-0.4, -0.2) is 46.0 Å². The predicted molar refractivity (Wildman–Crippen MR) is 91.4 cm³/mol. The number of amides is 1. The number of rotatable bonds is 2. The zero-order chi connectivity index (χ0) is 13.9. The van der Waals surface area contributed by atoms with Crippen molar-refractivity contribution in [1.29, 1.82) is 0 Å². The Morgan fingerprint density at radius 3 is 2.59 bits per heavy atom. The smallest absolute Gasteiger partial charge is 0.253 e. The third-order valence-electron chi connectivity index (χ3n) is 3.57. The van der Waals surface area contributed by atoms with Crippen LogP contribution in [0.5, 0.6) is 0 Å². The third kappa shape index (κ3) is 4.00. The second-order valence-corrected chi connectivity index (χ2v) is 5.12. The van der Waals surface area contributed by atoms with E-state index < -0.39 is 0 Å². The van der Waals surface area contributed by atoms with Crippen molar-refractivity contribution in [2.75, 3.05) is 19.6 Å². The molecule has 1 aliphatic rings. The molecule has 2 heterocycles. The minimum atomic E-state index is 0. The minimum Gasteiger partial charge on any atom is -0.336 e. The summed E-state index contributed by atoms with van der Waals surface area (Å²) in [4.78, 5) is 18.4. The fourth-order valence-corrected chi connectivity index (χ4v) is 2.49. The fraction of sp³-hybridized carbons (Fsp3) is 0.333.